The van der Waals surface area contributed by atoms with Crippen LogP contribution in [0.3, 0.4) is 0 Å². The van der Waals surface area contributed by atoms with Crippen molar-refractivity contribution in [1.82, 2.24) is 0 Å². The molecule has 0 saturated carbocycles. The van der Waals surface area contributed by atoms with Crippen molar-refractivity contribution in [3.8, 4) is 5.75 Å². The predicted molar refractivity (Wildman–Crippen MR) is 124 cm³/mol. The summed E-state index contributed by atoms with van der Waals surface area (Å²) in [5, 5.41) is 2.79. The molecule has 3 rings (SSSR count). The van der Waals surface area contributed by atoms with E-state index in [0.29, 0.717) is 17.1 Å². The number of benzene rings is 3. The molecule has 0 spiro atoms. The van der Waals surface area contributed by atoms with E-state index in [9.17, 15) is 13.2 Å². The molecular formula is C24H26N2O4S. The van der Waals surface area contributed by atoms with Gasteiger partial charge < -0.3 is 10.1 Å². The average Bonchev–Trinajstić information content (AvgIpc) is 2.77. The fraction of sp³-hybridized carbons (Fsp3) is 0.208. The Hall–Kier alpha value is -3.32. The monoisotopic (exact) mass is 438 g/mol. The Balaban J connectivity index is 1.60. The van der Waals surface area contributed by atoms with Gasteiger partial charge >= 0.3 is 0 Å². The lowest BCUT2D eigenvalue weighted by Crippen LogP contribution is -2.29. The third-order valence-electron chi connectivity index (χ3n) is 4.71. The topological polar surface area (TPSA) is 75.7 Å². The normalized spacial score (nSPS) is 11.0. The number of hydrogen-bond acceptors (Lipinski definition) is 4. The van der Waals surface area contributed by atoms with E-state index in [1.807, 2.05) is 54.6 Å². The van der Waals surface area contributed by atoms with E-state index < -0.39 is 10.0 Å². The first-order valence-electron chi connectivity index (χ1n) is 9.98. The molecule has 162 valence electrons. The van der Waals surface area contributed by atoms with Crippen LogP contribution in [0.15, 0.2) is 78.9 Å². The van der Waals surface area contributed by atoms with Gasteiger partial charge in [0.05, 0.1) is 18.5 Å². The third-order valence-corrected chi connectivity index (χ3v) is 5.85. The van der Waals surface area contributed by atoms with Gasteiger partial charge in [0.25, 0.3) is 5.91 Å². The van der Waals surface area contributed by atoms with E-state index in [1.165, 1.54) is 16.1 Å². The van der Waals surface area contributed by atoms with Gasteiger partial charge in [0.15, 0.2) is 6.61 Å². The van der Waals surface area contributed by atoms with Crippen LogP contribution in [0.2, 0.25) is 0 Å². The first kappa shape index (κ1) is 22.4. The number of sulfonamides is 1. The first-order chi connectivity index (χ1) is 14.8. The van der Waals surface area contributed by atoms with Crippen molar-refractivity contribution in [2.45, 2.75) is 19.9 Å². The molecule has 0 atom stereocenters. The summed E-state index contributed by atoms with van der Waals surface area (Å²) >= 11 is 0. The second-order valence-electron chi connectivity index (χ2n) is 7.14. The van der Waals surface area contributed by atoms with Gasteiger partial charge in [-0.1, -0.05) is 49.4 Å². The van der Waals surface area contributed by atoms with Gasteiger partial charge in [0, 0.05) is 5.69 Å². The Kier molecular flexibility index (Phi) is 7.31. The van der Waals surface area contributed by atoms with E-state index in [0.717, 1.165) is 12.0 Å². The minimum absolute atomic E-state index is 0.144. The Labute approximate surface area is 183 Å². The van der Waals surface area contributed by atoms with Crippen LogP contribution in [-0.4, -0.2) is 27.2 Å². The number of anilines is 2. The largest absolute Gasteiger partial charge is 0.484 e. The Morgan fingerprint density at radius 1 is 0.903 bits per heavy atom. The van der Waals surface area contributed by atoms with Gasteiger partial charge in [-0.25, -0.2) is 8.42 Å². The lowest BCUT2D eigenvalue weighted by molar-refractivity contribution is -0.118. The van der Waals surface area contributed by atoms with Gasteiger partial charge in [0.2, 0.25) is 10.0 Å². The molecule has 0 unspecified atom stereocenters. The number of hydrogen-bond donors (Lipinski definition) is 1. The lowest BCUT2D eigenvalue weighted by Gasteiger charge is -2.22. The summed E-state index contributed by atoms with van der Waals surface area (Å²) in [5.74, 6) is 0.212. The molecule has 0 radical (unpaired) electrons. The van der Waals surface area contributed by atoms with Gasteiger partial charge in [-0.2, -0.15) is 0 Å². The zero-order valence-electron chi connectivity index (χ0n) is 17.6. The summed E-state index contributed by atoms with van der Waals surface area (Å²) in [4.78, 5) is 12.1. The maximum atomic E-state index is 12.3. The summed E-state index contributed by atoms with van der Waals surface area (Å²) < 4.78 is 31.5. The summed E-state index contributed by atoms with van der Waals surface area (Å²) in [6.07, 6.45) is 2.12. The molecule has 0 aromatic heterocycles. The number of rotatable bonds is 9. The van der Waals surface area contributed by atoms with E-state index in [2.05, 4.69) is 12.2 Å². The second kappa shape index (κ2) is 10.1. The fourth-order valence-corrected chi connectivity index (χ4v) is 3.92. The smallest absolute Gasteiger partial charge is 0.262 e. The van der Waals surface area contributed by atoms with Crippen molar-refractivity contribution in [3.05, 3.63) is 90.0 Å². The van der Waals surface area contributed by atoms with Crippen LogP contribution in [0.4, 0.5) is 11.4 Å². The molecule has 0 fully saturated rings. The van der Waals surface area contributed by atoms with Crippen molar-refractivity contribution in [1.29, 1.82) is 0 Å². The summed E-state index contributed by atoms with van der Waals surface area (Å²) in [6, 6.07) is 23.7. The first-order valence-corrected chi connectivity index (χ1v) is 11.8. The molecule has 7 heteroatoms. The minimum atomic E-state index is -3.47. The van der Waals surface area contributed by atoms with Gasteiger partial charge in [-0.3, -0.25) is 9.10 Å². The molecule has 0 aliphatic heterocycles. The highest BCUT2D eigenvalue weighted by Crippen LogP contribution is 2.23. The number of ether oxygens (including phenoxy) is 1. The van der Waals surface area contributed by atoms with Crippen LogP contribution in [0.1, 0.15) is 18.1 Å². The summed E-state index contributed by atoms with van der Waals surface area (Å²) in [5.41, 5.74) is 3.33. The zero-order valence-corrected chi connectivity index (χ0v) is 18.4. The molecule has 31 heavy (non-hydrogen) atoms. The average molecular weight is 439 g/mol. The lowest BCUT2D eigenvalue weighted by atomic mass is 10.1. The molecule has 6 nitrogen and oxygen atoms in total. The molecule has 0 aliphatic carbocycles. The summed E-state index contributed by atoms with van der Waals surface area (Å²) in [6.45, 7) is 2.16. The van der Waals surface area contributed by atoms with Crippen molar-refractivity contribution in [2.75, 3.05) is 22.5 Å². The molecule has 3 aromatic carbocycles. The maximum absolute atomic E-state index is 12.3. The quantitative estimate of drug-likeness (QED) is 0.542. The molecule has 0 heterocycles. The highest BCUT2D eigenvalue weighted by molar-refractivity contribution is 7.92. The van der Waals surface area contributed by atoms with Crippen molar-refractivity contribution in [2.24, 2.45) is 0 Å². The van der Waals surface area contributed by atoms with Crippen LogP contribution in [0, 0.1) is 0 Å². The minimum Gasteiger partial charge on any atom is -0.484 e. The van der Waals surface area contributed by atoms with Gasteiger partial charge in [0.1, 0.15) is 5.75 Å². The molecule has 0 aliphatic rings. The van der Waals surface area contributed by atoms with Crippen LogP contribution in [0.5, 0.6) is 5.75 Å². The number of nitrogens with one attached hydrogen (secondary N) is 1. The van der Waals surface area contributed by atoms with Crippen LogP contribution in [0.25, 0.3) is 0 Å². The van der Waals surface area contributed by atoms with E-state index in [1.54, 1.807) is 24.3 Å². The molecular weight excluding hydrogens is 412 g/mol. The van der Waals surface area contributed by atoms with Gasteiger partial charge in [-0.15, -0.1) is 0 Å². The van der Waals surface area contributed by atoms with Crippen molar-refractivity contribution >= 4 is 27.3 Å². The number of carbonyl (C=O) groups excluding carboxylic acids is 1. The van der Waals surface area contributed by atoms with E-state index in [4.69, 9.17) is 4.74 Å². The Bertz CT molecular complexity index is 1100. The van der Waals surface area contributed by atoms with Crippen molar-refractivity contribution < 1.29 is 17.9 Å². The Morgan fingerprint density at radius 2 is 1.55 bits per heavy atom. The fourth-order valence-electron chi connectivity index (χ4n) is 3.03. The van der Waals surface area contributed by atoms with E-state index in [-0.39, 0.29) is 19.1 Å². The SMILES string of the molecule is CCc1ccc(NC(=O)COc2ccc(N(Cc3ccccc3)S(C)(=O)=O)cc2)cc1. The second-order valence-corrected chi connectivity index (χ2v) is 9.04. The van der Waals surface area contributed by atoms with Crippen LogP contribution in [-0.2, 0) is 27.8 Å². The zero-order chi connectivity index (χ0) is 22.3. The number of amides is 1. The number of nitrogens with zero attached hydrogens (tertiary/aromatic N) is 1. The predicted octanol–water partition coefficient (Wildman–Crippen LogP) is 4.23. The molecule has 0 saturated heterocycles. The molecule has 0 bridgehead atoms. The highest BCUT2D eigenvalue weighted by atomic mass is 32.2. The van der Waals surface area contributed by atoms with Gasteiger partial charge in [-0.05, 0) is 53.9 Å². The maximum Gasteiger partial charge on any atom is 0.262 e. The Morgan fingerprint density at radius 3 is 2.13 bits per heavy atom. The molecule has 3 aromatic rings. The number of carbonyl (C=O) groups is 1. The number of aryl methyl sites for hydroxylation is 1. The van der Waals surface area contributed by atoms with Crippen molar-refractivity contribution in [3.63, 3.8) is 0 Å². The van der Waals surface area contributed by atoms with Crippen LogP contribution >= 0.6 is 0 Å². The van der Waals surface area contributed by atoms with Crippen LogP contribution < -0.4 is 14.4 Å². The molecule has 1 amide bonds. The molecule has 1 N–H and O–H groups in total. The summed E-state index contributed by atoms with van der Waals surface area (Å²) in [7, 11) is -3.47. The third kappa shape index (κ3) is 6.58. The highest BCUT2D eigenvalue weighted by Gasteiger charge is 2.18. The standard InChI is InChI=1S/C24H26N2O4S/c1-3-19-9-11-21(12-10-19)25-24(27)18-30-23-15-13-22(14-16-23)26(31(2,28)29)17-20-7-5-4-6-8-20/h4-16H,3,17-18H2,1-2H3,(H,25,27). The van der Waals surface area contributed by atoms with E-state index >= 15 is 0 Å².